The van der Waals surface area contributed by atoms with Gasteiger partial charge in [-0.15, -0.1) is 6.58 Å². The van der Waals surface area contributed by atoms with Crippen molar-refractivity contribution in [3.63, 3.8) is 0 Å². The van der Waals surface area contributed by atoms with Crippen molar-refractivity contribution in [3.8, 4) is 0 Å². The Kier molecular flexibility index (Phi) is 4.57. The third-order valence-corrected chi connectivity index (χ3v) is 2.94. The highest BCUT2D eigenvalue weighted by atomic mass is 14.9. The van der Waals surface area contributed by atoms with E-state index in [9.17, 15) is 0 Å². The van der Waals surface area contributed by atoms with Gasteiger partial charge in [-0.1, -0.05) is 24.3 Å². The minimum absolute atomic E-state index is 0.447. The molecule has 0 saturated heterocycles. The van der Waals surface area contributed by atoms with Crippen LogP contribution in [-0.2, 0) is 0 Å². The molecule has 0 amide bonds. The molecule has 0 spiro atoms. The molecule has 0 saturated carbocycles. The molecule has 1 rings (SSSR count). The van der Waals surface area contributed by atoms with Crippen LogP contribution in [0.4, 0.5) is 0 Å². The second-order valence-electron chi connectivity index (χ2n) is 4.05. The smallest absolute Gasteiger partial charge is 0.0320 e. The van der Waals surface area contributed by atoms with Crippen LogP contribution >= 0.6 is 0 Å². The maximum absolute atomic E-state index is 3.76. The zero-order chi connectivity index (χ0) is 11.3. The van der Waals surface area contributed by atoms with Gasteiger partial charge in [0.2, 0.25) is 0 Å². The molecule has 1 aromatic rings. The molecule has 1 heteroatoms. The summed E-state index contributed by atoms with van der Waals surface area (Å²) in [5.74, 6) is 0. The molecule has 82 valence electrons. The van der Waals surface area contributed by atoms with Gasteiger partial charge in [0.05, 0.1) is 0 Å². The average Bonchev–Trinajstić information content (AvgIpc) is 2.24. The lowest BCUT2D eigenvalue weighted by molar-refractivity contribution is 0.554. The van der Waals surface area contributed by atoms with Crippen molar-refractivity contribution >= 4 is 0 Å². The Morgan fingerprint density at radius 1 is 1.33 bits per heavy atom. The van der Waals surface area contributed by atoms with Crippen LogP contribution in [0.5, 0.6) is 0 Å². The molecule has 0 aromatic heterocycles. The monoisotopic (exact) mass is 203 g/mol. The average molecular weight is 203 g/mol. The van der Waals surface area contributed by atoms with E-state index in [0.717, 1.165) is 12.8 Å². The van der Waals surface area contributed by atoms with Crippen LogP contribution in [0, 0.1) is 13.8 Å². The fourth-order valence-corrected chi connectivity index (χ4v) is 1.74. The van der Waals surface area contributed by atoms with Crippen molar-refractivity contribution in [1.29, 1.82) is 0 Å². The number of allylic oxidation sites excluding steroid dienone is 1. The first-order valence-electron chi connectivity index (χ1n) is 5.54. The van der Waals surface area contributed by atoms with E-state index in [1.165, 1.54) is 16.7 Å². The van der Waals surface area contributed by atoms with Crippen molar-refractivity contribution in [2.45, 2.75) is 32.7 Å². The number of benzene rings is 1. The number of nitrogens with one attached hydrogen (secondary N) is 1. The molecule has 1 nitrogen and oxygen atoms in total. The highest BCUT2D eigenvalue weighted by Gasteiger charge is 2.08. The van der Waals surface area contributed by atoms with E-state index in [1.54, 1.807) is 0 Å². The lowest BCUT2D eigenvalue weighted by Crippen LogP contribution is -2.16. The van der Waals surface area contributed by atoms with Crippen molar-refractivity contribution < 1.29 is 0 Å². The minimum Gasteiger partial charge on any atom is -0.313 e. The summed E-state index contributed by atoms with van der Waals surface area (Å²) in [7, 11) is 2.02. The molecule has 1 aromatic carbocycles. The molecule has 1 unspecified atom stereocenters. The number of rotatable bonds is 5. The summed E-state index contributed by atoms with van der Waals surface area (Å²) in [6, 6.07) is 7.14. The first-order chi connectivity index (χ1) is 7.19. The van der Waals surface area contributed by atoms with E-state index >= 15 is 0 Å². The summed E-state index contributed by atoms with van der Waals surface area (Å²) < 4.78 is 0. The standard InChI is InChI=1S/C14H21N/c1-5-6-7-14(15-4)13-9-8-11(2)12(3)10-13/h5,8-10,14-15H,1,6-7H2,2-4H3. The summed E-state index contributed by atoms with van der Waals surface area (Å²) >= 11 is 0. The van der Waals surface area contributed by atoms with Crippen molar-refractivity contribution in [3.05, 3.63) is 47.5 Å². The number of hydrogen-bond donors (Lipinski definition) is 1. The molecule has 15 heavy (non-hydrogen) atoms. The highest BCUT2D eigenvalue weighted by Crippen LogP contribution is 2.20. The highest BCUT2D eigenvalue weighted by molar-refractivity contribution is 5.31. The van der Waals surface area contributed by atoms with Crippen LogP contribution in [0.15, 0.2) is 30.9 Å². The van der Waals surface area contributed by atoms with Gasteiger partial charge in [-0.25, -0.2) is 0 Å². The van der Waals surface area contributed by atoms with Gasteiger partial charge in [-0.3, -0.25) is 0 Å². The maximum atomic E-state index is 3.76. The Labute approximate surface area is 93.2 Å². The lowest BCUT2D eigenvalue weighted by atomic mass is 9.98. The first kappa shape index (κ1) is 12.0. The largest absolute Gasteiger partial charge is 0.313 e. The van der Waals surface area contributed by atoms with Gasteiger partial charge in [-0.2, -0.15) is 0 Å². The normalized spacial score (nSPS) is 12.5. The lowest BCUT2D eigenvalue weighted by Gasteiger charge is -2.17. The summed E-state index contributed by atoms with van der Waals surface area (Å²) in [4.78, 5) is 0. The van der Waals surface area contributed by atoms with Gasteiger partial charge in [-0.05, 0) is 50.4 Å². The van der Waals surface area contributed by atoms with Gasteiger partial charge in [0, 0.05) is 6.04 Å². The second kappa shape index (κ2) is 5.72. The van der Waals surface area contributed by atoms with E-state index in [-0.39, 0.29) is 0 Å². The number of aryl methyl sites for hydroxylation is 2. The van der Waals surface area contributed by atoms with Crippen LogP contribution in [0.1, 0.15) is 35.6 Å². The van der Waals surface area contributed by atoms with Gasteiger partial charge in [0.25, 0.3) is 0 Å². The van der Waals surface area contributed by atoms with Crippen LogP contribution in [0.25, 0.3) is 0 Å². The third kappa shape index (κ3) is 3.21. The molecule has 0 aliphatic carbocycles. The van der Waals surface area contributed by atoms with E-state index in [1.807, 2.05) is 13.1 Å². The van der Waals surface area contributed by atoms with Crippen LogP contribution in [0.2, 0.25) is 0 Å². The minimum atomic E-state index is 0.447. The molecule has 1 N–H and O–H groups in total. The summed E-state index contributed by atoms with van der Waals surface area (Å²) in [6.07, 6.45) is 4.15. The number of hydrogen-bond acceptors (Lipinski definition) is 1. The third-order valence-electron chi connectivity index (χ3n) is 2.94. The fraction of sp³-hybridized carbons (Fsp3) is 0.429. The van der Waals surface area contributed by atoms with Gasteiger partial charge in [0.1, 0.15) is 0 Å². The molecule has 0 aliphatic rings. The predicted octanol–water partition coefficient (Wildman–Crippen LogP) is 3.53. The van der Waals surface area contributed by atoms with Gasteiger partial charge in [0.15, 0.2) is 0 Å². The van der Waals surface area contributed by atoms with Crippen molar-refractivity contribution in [1.82, 2.24) is 5.32 Å². The SMILES string of the molecule is C=CCCC(NC)c1ccc(C)c(C)c1. The van der Waals surface area contributed by atoms with Crippen LogP contribution in [0.3, 0.4) is 0 Å². The zero-order valence-corrected chi connectivity index (χ0v) is 10.0. The van der Waals surface area contributed by atoms with Crippen molar-refractivity contribution in [2.75, 3.05) is 7.05 Å². The van der Waals surface area contributed by atoms with E-state index in [0.29, 0.717) is 6.04 Å². The molecule has 0 heterocycles. The van der Waals surface area contributed by atoms with E-state index in [2.05, 4.69) is 43.9 Å². The molecule has 0 radical (unpaired) electrons. The Bertz CT molecular complexity index is 328. The summed E-state index contributed by atoms with van der Waals surface area (Å²) in [5, 5.41) is 3.35. The van der Waals surface area contributed by atoms with E-state index < -0.39 is 0 Å². The first-order valence-corrected chi connectivity index (χ1v) is 5.54. The van der Waals surface area contributed by atoms with Crippen LogP contribution in [-0.4, -0.2) is 7.05 Å². The second-order valence-corrected chi connectivity index (χ2v) is 4.05. The Hall–Kier alpha value is -1.08. The molecular weight excluding hydrogens is 182 g/mol. The topological polar surface area (TPSA) is 12.0 Å². The Balaban J connectivity index is 2.82. The molecule has 0 fully saturated rings. The Morgan fingerprint density at radius 2 is 2.07 bits per heavy atom. The Morgan fingerprint density at radius 3 is 2.60 bits per heavy atom. The molecule has 1 atom stereocenters. The molecular formula is C14H21N. The van der Waals surface area contributed by atoms with E-state index in [4.69, 9.17) is 0 Å². The fourth-order valence-electron chi connectivity index (χ4n) is 1.74. The molecule has 0 aliphatic heterocycles. The van der Waals surface area contributed by atoms with Gasteiger partial charge >= 0.3 is 0 Å². The quantitative estimate of drug-likeness (QED) is 0.722. The van der Waals surface area contributed by atoms with Crippen LogP contribution < -0.4 is 5.32 Å². The van der Waals surface area contributed by atoms with Gasteiger partial charge < -0.3 is 5.32 Å². The summed E-state index contributed by atoms with van der Waals surface area (Å²) in [5.41, 5.74) is 4.10. The molecule has 0 bridgehead atoms. The predicted molar refractivity (Wildman–Crippen MR) is 67.1 cm³/mol. The summed E-state index contributed by atoms with van der Waals surface area (Å²) in [6.45, 7) is 8.08. The van der Waals surface area contributed by atoms with Crippen molar-refractivity contribution in [2.24, 2.45) is 0 Å². The zero-order valence-electron chi connectivity index (χ0n) is 10.0. The maximum Gasteiger partial charge on any atom is 0.0320 e.